The summed E-state index contributed by atoms with van der Waals surface area (Å²) in [5, 5.41) is 2.80. The molecule has 0 spiro atoms. The van der Waals surface area contributed by atoms with Crippen LogP contribution in [-0.2, 0) is 14.8 Å². The largest absolute Gasteiger partial charge is 0.431 e. The van der Waals surface area contributed by atoms with Crippen molar-refractivity contribution in [3.05, 3.63) is 48.5 Å². The minimum atomic E-state index is -3.46. The summed E-state index contributed by atoms with van der Waals surface area (Å²) in [5.74, 6) is -0.215. The van der Waals surface area contributed by atoms with Gasteiger partial charge in [-0.25, -0.2) is 13.4 Å². The summed E-state index contributed by atoms with van der Waals surface area (Å²) in [5.41, 5.74) is 1.97. The van der Waals surface area contributed by atoms with E-state index >= 15 is 0 Å². The Bertz CT molecular complexity index is 1090. The Morgan fingerprint density at radius 3 is 2.52 bits per heavy atom. The third-order valence-electron chi connectivity index (χ3n) is 4.75. The SMILES string of the molecule is C[C@@H](Sc1nc2ccccc2o1)C(=O)Nc1ccc(S(=O)(=O)N2CCCC2)cc1. The van der Waals surface area contributed by atoms with Crippen LogP contribution < -0.4 is 5.32 Å². The van der Waals surface area contributed by atoms with Crippen molar-refractivity contribution in [2.24, 2.45) is 0 Å². The zero-order valence-corrected chi connectivity index (χ0v) is 17.5. The van der Waals surface area contributed by atoms with Crippen LogP contribution in [-0.4, -0.2) is 42.0 Å². The molecule has 1 N–H and O–H groups in total. The number of hydrogen-bond donors (Lipinski definition) is 1. The summed E-state index contributed by atoms with van der Waals surface area (Å²) >= 11 is 1.23. The van der Waals surface area contributed by atoms with Crippen molar-refractivity contribution in [2.75, 3.05) is 18.4 Å². The van der Waals surface area contributed by atoms with Gasteiger partial charge in [-0.3, -0.25) is 4.79 Å². The van der Waals surface area contributed by atoms with Gasteiger partial charge < -0.3 is 9.73 Å². The Morgan fingerprint density at radius 1 is 1.14 bits per heavy atom. The second kappa shape index (κ2) is 8.17. The molecule has 29 heavy (non-hydrogen) atoms. The molecular formula is C20H21N3O4S2. The first-order chi connectivity index (χ1) is 13.9. The Morgan fingerprint density at radius 2 is 1.83 bits per heavy atom. The number of thioether (sulfide) groups is 1. The van der Waals surface area contributed by atoms with Gasteiger partial charge in [-0.15, -0.1) is 0 Å². The number of rotatable bonds is 6. The number of oxazole rings is 1. The summed E-state index contributed by atoms with van der Waals surface area (Å²) < 4.78 is 32.3. The van der Waals surface area contributed by atoms with Crippen molar-refractivity contribution in [2.45, 2.75) is 35.1 Å². The van der Waals surface area contributed by atoms with E-state index in [4.69, 9.17) is 4.42 Å². The van der Waals surface area contributed by atoms with Gasteiger partial charge in [-0.05, 0) is 56.2 Å². The van der Waals surface area contributed by atoms with Crippen molar-refractivity contribution in [1.82, 2.24) is 9.29 Å². The van der Waals surface area contributed by atoms with Crippen molar-refractivity contribution in [3.8, 4) is 0 Å². The highest BCUT2D eigenvalue weighted by Crippen LogP contribution is 2.27. The van der Waals surface area contributed by atoms with Crippen molar-refractivity contribution in [1.29, 1.82) is 0 Å². The molecule has 0 unspecified atom stereocenters. The minimum absolute atomic E-state index is 0.215. The fourth-order valence-corrected chi connectivity index (χ4v) is 5.41. The molecule has 1 atom stereocenters. The van der Waals surface area contributed by atoms with Gasteiger partial charge in [0.25, 0.3) is 5.22 Å². The molecule has 9 heteroatoms. The molecule has 2 heterocycles. The van der Waals surface area contributed by atoms with Gasteiger partial charge in [0.05, 0.1) is 10.1 Å². The Hall–Kier alpha value is -2.36. The van der Waals surface area contributed by atoms with Gasteiger partial charge in [-0.1, -0.05) is 23.9 Å². The molecule has 0 saturated carbocycles. The van der Waals surface area contributed by atoms with Crippen LogP contribution in [0.4, 0.5) is 5.69 Å². The molecule has 7 nitrogen and oxygen atoms in total. The Balaban J connectivity index is 1.39. The standard InChI is InChI=1S/C20H21N3O4S2/c1-14(28-20-22-17-6-2-3-7-18(17)27-20)19(24)21-15-8-10-16(11-9-15)29(25,26)23-12-4-5-13-23/h2-3,6-11,14H,4-5,12-13H2,1H3,(H,21,24)/t14-/m1/s1. The summed E-state index contributed by atoms with van der Waals surface area (Å²) in [7, 11) is -3.46. The normalized spacial score (nSPS) is 16.2. The number of sulfonamides is 1. The molecule has 3 aromatic rings. The monoisotopic (exact) mass is 431 g/mol. The maximum Gasteiger partial charge on any atom is 0.257 e. The highest BCUT2D eigenvalue weighted by atomic mass is 32.2. The van der Waals surface area contributed by atoms with Crippen LogP contribution in [0.2, 0.25) is 0 Å². The highest BCUT2D eigenvalue weighted by molar-refractivity contribution is 8.00. The summed E-state index contributed by atoms with van der Waals surface area (Å²) in [6, 6.07) is 13.7. The first-order valence-corrected chi connectivity index (χ1v) is 11.7. The van der Waals surface area contributed by atoms with E-state index in [1.165, 1.54) is 28.2 Å². The van der Waals surface area contributed by atoms with Crippen molar-refractivity contribution in [3.63, 3.8) is 0 Å². The molecule has 1 fully saturated rings. The van der Waals surface area contributed by atoms with Gasteiger partial charge in [0.1, 0.15) is 5.52 Å². The van der Waals surface area contributed by atoms with Crippen LogP contribution in [0.25, 0.3) is 11.1 Å². The number of para-hydroxylation sites is 2. The zero-order chi connectivity index (χ0) is 20.4. The average Bonchev–Trinajstić information content (AvgIpc) is 3.38. The summed E-state index contributed by atoms with van der Waals surface area (Å²) in [6.45, 7) is 2.89. The molecule has 1 aliphatic heterocycles. The van der Waals surface area contributed by atoms with E-state index < -0.39 is 15.3 Å². The molecule has 152 valence electrons. The summed E-state index contributed by atoms with van der Waals surface area (Å²) in [6.07, 6.45) is 1.78. The lowest BCUT2D eigenvalue weighted by Crippen LogP contribution is -2.27. The second-order valence-corrected chi connectivity index (χ2v) is 10.1. The average molecular weight is 432 g/mol. The number of nitrogens with one attached hydrogen (secondary N) is 1. The van der Waals surface area contributed by atoms with Gasteiger partial charge in [0.2, 0.25) is 15.9 Å². The molecule has 1 aliphatic rings. The van der Waals surface area contributed by atoms with E-state index in [-0.39, 0.29) is 10.8 Å². The minimum Gasteiger partial charge on any atom is -0.431 e. The summed E-state index contributed by atoms with van der Waals surface area (Å²) in [4.78, 5) is 17.1. The maximum absolute atomic E-state index is 12.6. The molecule has 4 rings (SSSR count). The predicted molar refractivity (Wildman–Crippen MR) is 112 cm³/mol. The zero-order valence-electron chi connectivity index (χ0n) is 15.9. The number of amides is 1. The van der Waals surface area contributed by atoms with E-state index in [0.29, 0.717) is 29.6 Å². The third-order valence-corrected chi connectivity index (χ3v) is 7.60. The second-order valence-electron chi connectivity index (χ2n) is 6.83. The molecule has 1 aromatic heterocycles. The quantitative estimate of drug-likeness (QED) is 0.598. The first-order valence-electron chi connectivity index (χ1n) is 9.37. The number of fused-ring (bicyclic) bond motifs is 1. The Labute approximate surface area is 173 Å². The molecule has 1 saturated heterocycles. The molecule has 2 aromatic carbocycles. The lowest BCUT2D eigenvalue weighted by molar-refractivity contribution is -0.115. The van der Waals surface area contributed by atoms with Crippen LogP contribution in [0, 0.1) is 0 Å². The number of benzene rings is 2. The van der Waals surface area contributed by atoms with Crippen molar-refractivity contribution >= 4 is 44.5 Å². The van der Waals surface area contributed by atoms with Gasteiger partial charge in [0, 0.05) is 18.8 Å². The molecular weight excluding hydrogens is 410 g/mol. The molecule has 1 amide bonds. The predicted octanol–water partition coefficient (Wildman–Crippen LogP) is 3.73. The number of carbonyl (C=O) groups is 1. The molecule has 0 aliphatic carbocycles. The lowest BCUT2D eigenvalue weighted by atomic mass is 10.3. The number of aromatic nitrogens is 1. The smallest absolute Gasteiger partial charge is 0.257 e. The van der Waals surface area contributed by atoms with E-state index in [2.05, 4.69) is 10.3 Å². The number of carbonyl (C=O) groups excluding carboxylic acids is 1. The first kappa shape index (κ1) is 19.9. The van der Waals surface area contributed by atoms with Gasteiger partial charge >= 0.3 is 0 Å². The third kappa shape index (κ3) is 4.31. The van der Waals surface area contributed by atoms with E-state index in [1.54, 1.807) is 19.1 Å². The van der Waals surface area contributed by atoms with Crippen LogP contribution >= 0.6 is 11.8 Å². The van der Waals surface area contributed by atoms with Gasteiger partial charge in [-0.2, -0.15) is 4.31 Å². The molecule has 0 bridgehead atoms. The number of nitrogens with zero attached hydrogens (tertiary/aromatic N) is 2. The fraction of sp³-hybridized carbons (Fsp3) is 0.300. The lowest BCUT2D eigenvalue weighted by Gasteiger charge is -2.16. The number of anilines is 1. The van der Waals surface area contributed by atoms with Crippen LogP contribution in [0.5, 0.6) is 0 Å². The van der Waals surface area contributed by atoms with E-state index in [1.807, 2.05) is 24.3 Å². The van der Waals surface area contributed by atoms with Gasteiger partial charge in [0.15, 0.2) is 5.58 Å². The van der Waals surface area contributed by atoms with E-state index in [9.17, 15) is 13.2 Å². The van der Waals surface area contributed by atoms with E-state index in [0.717, 1.165) is 18.4 Å². The van der Waals surface area contributed by atoms with Crippen LogP contribution in [0.15, 0.2) is 63.1 Å². The van der Waals surface area contributed by atoms with Crippen LogP contribution in [0.1, 0.15) is 19.8 Å². The number of hydrogen-bond acceptors (Lipinski definition) is 6. The highest BCUT2D eigenvalue weighted by Gasteiger charge is 2.27. The fourth-order valence-electron chi connectivity index (χ4n) is 3.14. The molecule has 0 radical (unpaired) electrons. The van der Waals surface area contributed by atoms with Crippen LogP contribution in [0.3, 0.4) is 0 Å². The topological polar surface area (TPSA) is 92.5 Å². The maximum atomic E-state index is 12.6. The van der Waals surface area contributed by atoms with Crippen molar-refractivity contribution < 1.29 is 17.6 Å². The Kier molecular flexibility index (Phi) is 5.62.